The molecule has 0 spiro atoms. The molecule has 2 heterocycles. The summed E-state index contributed by atoms with van der Waals surface area (Å²) in [4.78, 5) is 18.3. The first kappa shape index (κ1) is 20.9. The Bertz CT molecular complexity index is 820. The van der Waals surface area contributed by atoms with Crippen LogP contribution in [-0.4, -0.2) is 30.6 Å². The van der Waals surface area contributed by atoms with Gasteiger partial charge in [0.25, 0.3) is 0 Å². The van der Waals surface area contributed by atoms with Crippen molar-refractivity contribution in [1.29, 1.82) is 0 Å². The lowest BCUT2D eigenvalue weighted by Gasteiger charge is -2.26. The number of hydrogen-bond acceptors (Lipinski definition) is 4. The molecule has 0 atom stereocenters. The number of amides is 1. The fraction of sp³-hybridized carbons (Fsp3) is 0.500. The zero-order chi connectivity index (χ0) is 20.6. The van der Waals surface area contributed by atoms with Crippen LogP contribution in [0, 0.1) is 0 Å². The molecule has 7 nitrogen and oxygen atoms in total. The van der Waals surface area contributed by atoms with Crippen LogP contribution in [-0.2, 0) is 30.7 Å². The molecule has 29 heavy (non-hydrogen) atoms. The summed E-state index contributed by atoms with van der Waals surface area (Å²) in [6.07, 6.45) is 4.39. The highest BCUT2D eigenvalue weighted by atomic mass is 16.5. The van der Waals surface area contributed by atoms with Gasteiger partial charge in [-0.25, -0.2) is 0 Å². The number of guanidine groups is 1. The lowest BCUT2D eigenvalue weighted by molar-refractivity contribution is -0.119. The van der Waals surface area contributed by atoms with E-state index in [-0.39, 0.29) is 5.91 Å². The fourth-order valence-electron chi connectivity index (χ4n) is 3.59. The molecule has 2 N–H and O–H groups in total. The van der Waals surface area contributed by atoms with E-state index in [9.17, 15) is 4.79 Å². The quantitative estimate of drug-likeness (QED) is 0.554. The maximum atomic E-state index is 12.1. The number of carbonyl (C=O) groups excluding carboxylic acids is 1. The molecule has 1 aliphatic rings. The highest BCUT2D eigenvalue weighted by Gasteiger charge is 2.19. The zero-order valence-electron chi connectivity index (χ0n) is 17.6. The van der Waals surface area contributed by atoms with Crippen LogP contribution >= 0.6 is 0 Å². The lowest BCUT2D eigenvalue weighted by Crippen LogP contribution is -2.36. The van der Waals surface area contributed by atoms with Gasteiger partial charge in [-0.05, 0) is 37.0 Å². The summed E-state index contributed by atoms with van der Waals surface area (Å²) in [6.45, 7) is 6.24. The number of rotatable bonds is 7. The summed E-state index contributed by atoms with van der Waals surface area (Å²) >= 11 is 0. The van der Waals surface area contributed by atoms with Crippen LogP contribution in [0.1, 0.15) is 55.7 Å². The van der Waals surface area contributed by atoms with Gasteiger partial charge in [0.2, 0.25) is 5.91 Å². The summed E-state index contributed by atoms with van der Waals surface area (Å²) in [5.74, 6) is 1.87. The van der Waals surface area contributed by atoms with Crippen LogP contribution in [0.15, 0.2) is 33.8 Å². The van der Waals surface area contributed by atoms with Crippen LogP contribution in [0.4, 0.5) is 5.69 Å². The van der Waals surface area contributed by atoms with E-state index in [4.69, 9.17) is 4.52 Å². The molecule has 1 aromatic heterocycles. The first-order chi connectivity index (χ1) is 14.2. The van der Waals surface area contributed by atoms with Gasteiger partial charge in [-0.2, -0.15) is 0 Å². The van der Waals surface area contributed by atoms with E-state index in [2.05, 4.69) is 46.8 Å². The van der Waals surface area contributed by atoms with E-state index in [0.29, 0.717) is 19.5 Å². The van der Waals surface area contributed by atoms with Crippen LogP contribution in [0.2, 0.25) is 0 Å². The van der Waals surface area contributed by atoms with Crippen molar-refractivity contribution in [2.45, 2.75) is 59.0 Å². The van der Waals surface area contributed by atoms with Crippen molar-refractivity contribution >= 4 is 17.6 Å². The van der Waals surface area contributed by atoms with E-state index in [0.717, 1.165) is 66.5 Å². The molecule has 1 aromatic carbocycles. The highest BCUT2D eigenvalue weighted by Crippen LogP contribution is 2.21. The number of nitrogens with one attached hydrogen (secondary N) is 2. The fourth-order valence-corrected chi connectivity index (χ4v) is 3.59. The Kier molecular flexibility index (Phi) is 7.27. The number of aromatic nitrogens is 1. The Balaban J connectivity index is 1.54. The van der Waals surface area contributed by atoms with E-state index >= 15 is 0 Å². The van der Waals surface area contributed by atoms with Crippen molar-refractivity contribution in [1.82, 2.24) is 15.8 Å². The molecule has 1 aliphatic heterocycles. The van der Waals surface area contributed by atoms with Gasteiger partial charge in [0.15, 0.2) is 5.96 Å². The third-order valence-corrected chi connectivity index (χ3v) is 5.29. The normalized spacial score (nSPS) is 14.9. The van der Waals surface area contributed by atoms with Gasteiger partial charge in [-0.3, -0.25) is 9.79 Å². The minimum atomic E-state index is 0.221. The van der Waals surface area contributed by atoms with Crippen LogP contribution in [0.25, 0.3) is 0 Å². The maximum absolute atomic E-state index is 12.1. The van der Waals surface area contributed by atoms with Crippen molar-refractivity contribution in [3.8, 4) is 0 Å². The van der Waals surface area contributed by atoms with Crippen molar-refractivity contribution in [2.75, 3.05) is 18.5 Å². The summed E-state index contributed by atoms with van der Waals surface area (Å²) in [5, 5.41) is 10.8. The average Bonchev–Trinajstić information content (AvgIpc) is 3.16. The number of anilines is 1. The molecular weight excluding hydrogens is 366 g/mol. The Morgan fingerprint density at radius 1 is 1.14 bits per heavy atom. The highest BCUT2D eigenvalue weighted by molar-refractivity contribution is 5.93. The molecule has 7 heteroatoms. The van der Waals surface area contributed by atoms with Crippen molar-refractivity contribution < 1.29 is 9.32 Å². The van der Waals surface area contributed by atoms with E-state index in [1.807, 2.05) is 17.0 Å². The molecule has 1 amide bonds. The molecule has 1 saturated heterocycles. The minimum Gasteiger partial charge on any atom is -0.361 e. The Morgan fingerprint density at radius 3 is 2.55 bits per heavy atom. The molecule has 0 radical (unpaired) electrons. The standard InChI is InChI=1S/C22H31N5O2/c1-4-19-18(20(5-2)29-26-19)15-25-22(23-3)24-14-16-9-11-17(12-10-16)27-13-7-6-8-21(27)28/h9-12H,4-8,13-15H2,1-3H3,(H2,23,24,25). The molecule has 0 unspecified atom stereocenters. The molecule has 0 saturated carbocycles. The molecule has 2 aromatic rings. The Labute approximate surface area is 172 Å². The minimum absolute atomic E-state index is 0.221. The summed E-state index contributed by atoms with van der Waals surface area (Å²) < 4.78 is 5.42. The van der Waals surface area contributed by atoms with Gasteiger partial charge in [-0.15, -0.1) is 0 Å². The van der Waals surface area contributed by atoms with Crippen LogP contribution in [0.5, 0.6) is 0 Å². The number of nitrogens with zero attached hydrogens (tertiary/aromatic N) is 3. The molecule has 1 fully saturated rings. The average molecular weight is 398 g/mol. The number of aliphatic imine (C=N–C) groups is 1. The second kappa shape index (κ2) is 10.1. The molecule has 0 bridgehead atoms. The maximum Gasteiger partial charge on any atom is 0.226 e. The van der Waals surface area contributed by atoms with Gasteiger partial charge in [0.05, 0.1) is 5.69 Å². The summed E-state index contributed by atoms with van der Waals surface area (Å²) in [5.41, 5.74) is 4.23. The number of piperidine rings is 1. The lowest BCUT2D eigenvalue weighted by atomic mass is 10.1. The van der Waals surface area contributed by atoms with E-state index in [1.165, 1.54) is 0 Å². The second-order valence-electron chi connectivity index (χ2n) is 7.19. The summed E-state index contributed by atoms with van der Waals surface area (Å²) in [6, 6.07) is 8.16. The first-order valence-corrected chi connectivity index (χ1v) is 10.5. The van der Waals surface area contributed by atoms with Gasteiger partial charge >= 0.3 is 0 Å². The number of carbonyl (C=O) groups is 1. The third-order valence-electron chi connectivity index (χ3n) is 5.29. The first-order valence-electron chi connectivity index (χ1n) is 10.5. The van der Waals surface area contributed by atoms with Gasteiger partial charge in [-0.1, -0.05) is 31.1 Å². The Hall–Kier alpha value is -2.83. The molecule has 3 rings (SSSR count). The molecule has 0 aliphatic carbocycles. The van der Waals surface area contributed by atoms with Gasteiger partial charge in [0.1, 0.15) is 5.76 Å². The smallest absolute Gasteiger partial charge is 0.226 e. The van der Waals surface area contributed by atoms with Crippen molar-refractivity contribution in [3.05, 3.63) is 46.8 Å². The van der Waals surface area contributed by atoms with Crippen molar-refractivity contribution in [2.24, 2.45) is 4.99 Å². The predicted octanol–water partition coefficient (Wildman–Crippen LogP) is 3.18. The van der Waals surface area contributed by atoms with Crippen LogP contribution < -0.4 is 15.5 Å². The molecule has 156 valence electrons. The van der Waals surface area contributed by atoms with Gasteiger partial charge in [0, 0.05) is 50.8 Å². The van der Waals surface area contributed by atoms with Gasteiger partial charge < -0.3 is 20.1 Å². The number of benzene rings is 1. The Morgan fingerprint density at radius 2 is 1.90 bits per heavy atom. The molecular formula is C22H31N5O2. The van der Waals surface area contributed by atoms with E-state index in [1.54, 1.807) is 7.05 Å². The largest absolute Gasteiger partial charge is 0.361 e. The van der Waals surface area contributed by atoms with Crippen LogP contribution in [0.3, 0.4) is 0 Å². The van der Waals surface area contributed by atoms with E-state index < -0.39 is 0 Å². The summed E-state index contributed by atoms with van der Waals surface area (Å²) in [7, 11) is 1.76. The SMILES string of the molecule is CCc1noc(CC)c1CNC(=NC)NCc1ccc(N2CCCCC2=O)cc1. The monoisotopic (exact) mass is 397 g/mol. The third kappa shape index (κ3) is 5.16. The number of hydrogen-bond donors (Lipinski definition) is 2. The zero-order valence-corrected chi connectivity index (χ0v) is 17.6. The number of aryl methyl sites for hydroxylation is 2. The second-order valence-corrected chi connectivity index (χ2v) is 7.19. The van der Waals surface area contributed by atoms with Crippen molar-refractivity contribution in [3.63, 3.8) is 0 Å². The predicted molar refractivity (Wildman–Crippen MR) is 115 cm³/mol. The topological polar surface area (TPSA) is 82.8 Å².